The van der Waals surface area contributed by atoms with Crippen molar-refractivity contribution in [3.63, 3.8) is 0 Å². The van der Waals surface area contributed by atoms with Crippen LogP contribution in [0.5, 0.6) is 0 Å². The van der Waals surface area contributed by atoms with E-state index in [9.17, 15) is 4.79 Å². The lowest BCUT2D eigenvalue weighted by Crippen LogP contribution is -2.46. The lowest BCUT2D eigenvalue weighted by atomic mass is 10.0. The molecule has 8 heteroatoms. The topological polar surface area (TPSA) is 153 Å². The second-order valence-corrected chi connectivity index (χ2v) is 3.67. The number of aliphatic hydroxyl groups excluding tert-OH is 5. The summed E-state index contributed by atoms with van der Waals surface area (Å²) in [5.74, 6) is 0. The molecule has 8 nitrogen and oxygen atoms in total. The van der Waals surface area contributed by atoms with Crippen molar-refractivity contribution in [2.45, 2.75) is 30.6 Å². The monoisotopic (exact) mass is 277 g/mol. The molecule has 0 saturated heterocycles. The Hall–Kier alpha value is -1.29. The molecule has 0 radical (unpaired) electrons. The third kappa shape index (κ3) is 7.01. The molecule has 0 bridgehead atoms. The number of aliphatic hydroxyl groups is 5. The van der Waals surface area contributed by atoms with Gasteiger partial charge in [-0.2, -0.15) is 0 Å². The first-order valence-corrected chi connectivity index (χ1v) is 5.46. The van der Waals surface area contributed by atoms with Crippen molar-refractivity contribution in [3.8, 4) is 0 Å². The number of carbonyl (C=O) groups is 1. The standard InChI is InChI=1S/C6H12O6.C5H7NO/c7-1-3(9)5(11)6(12)4(10)2-8;6-5-3-1-2-4-7-5/h1,3-6,8-12H,2H2;1-5H,6H2. The molecule has 5 atom stereocenters. The third-order valence-corrected chi connectivity index (χ3v) is 2.15. The Morgan fingerprint density at radius 1 is 1.21 bits per heavy atom. The molecule has 1 rings (SSSR count). The molecule has 0 fully saturated rings. The van der Waals surface area contributed by atoms with Gasteiger partial charge in [0.25, 0.3) is 0 Å². The van der Waals surface area contributed by atoms with Gasteiger partial charge in [-0.15, -0.1) is 0 Å². The molecule has 5 unspecified atom stereocenters. The number of hydrogen-bond acceptors (Lipinski definition) is 8. The summed E-state index contributed by atoms with van der Waals surface area (Å²) in [7, 11) is 0. The van der Waals surface area contributed by atoms with E-state index in [4.69, 9.17) is 36.0 Å². The van der Waals surface area contributed by atoms with Crippen LogP contribution < -0.4 is 5.73 Å². The summed E-state index contributed by atoms with van der Waals surface area (Å²) in [6.45, 7) is -0.760. The van der Waals surface area contributed by atoms with E-state index in [-0.39, 0.29) is 12.5 Å². The molecule has 1 heterocycles. The smallest absolute Gasteiger partial charge is 0.166 e. The molecule has 19 heavy (non-hydrogen) atoms. The minimum absolute atomic E-state index is 0.0258. The highest BCUT2D eigenvalue weighted by molar-refractivity contribution is 5.56. The Labute approximate surface area is 110 Å². The van der Waals surface area contributed by atoms with E-state index in [1.165, 1.54) is 0 Å². The van der Waals surface area contributed by atoms with Crippen LogP contribution in [0.1, 0.15) is 0 Å². The number of carbonyl (C=O) groups excluding carboxylic acids is 1. The van der Waals surface area contributed by atoms with E-state index < -0.39 is 31.0 Å². The summed E-state index contributed by atoms with van der Waals surface area (Å²) >= 11 is 0. The Kier molecular flexibility index (Phi) is 8.96. The van der Waals surface area contributed by atoms with Gasteiger partial charge in [0.05, 0.1) is 12.9 Å². The van der Waals surface area contributed by atoms with Crippen molar-refractivity contribution in [2.24, 2.45) is 5.73 Å². The number of rotatable bonds is 5. The maximum atomic E-state index is 9.90. The van der Waals surface area contributed by atoms with Crippen molar-refractivity contribution in [3.05, 3.63) is 24.5 Å². The lowest BCUT2D eigenvalue weighted by Gasteiger charge is -2.22. The minimum Gasteiger partial charge on any atom is -0.480 e. The van der Waals surface area contributed by atoms with Crippen LogP contribution >= 0.6 is 0 Å². The van der Waals surface area contributed by atoms with Gasteiger partial charge < -0.3 is 35.1 Å². The van der Waals surface area contributed by atoms with Crippen molar-refractivity contribution in [1.82, 2.24) is 0 Å². The molecular formula is C11H19NO7. The molecule has 1 aliphatic heterocycles. The van der Waals surface area contributed by atoms with E-state index in [2.05, 4.69) is 0 Å². The molecule has 0 aromatic carbocycles. The average molecular weight is 277 g/mol. The number of hydrogen-bond donors (Lipinski definition) is 6. The maximum absolute atomic E-state index is 9.90. The molecule has 0 saturated carbocycles. The minimum atomic E-state index is -1.79. The first kappa shape index (κ1) is 17.7. The van der Waals surface area contributed by atoms with Crippen LogP contribution in [-0.4, -0.2) is 69.1 Å². The van der Waals surface area contributed by atoms with Crippen LogP contribution in [0.3, 0.4) is 0 Å². The predicted molar refractivity (Wildman–Crippen MR) is 64.5 cm³/mol. The molecule has 7 N–H and O–H groups in total. The largest absolute Gasteiger partial charge is 0.480 e. The summed E-state index contributed by atoms with van der Waals surface area (Å²) in [5, 5.41) is 43.5. The Morgan fingerprint density at radius 2 is 1.84 bits per heavy atom. The Bertz CT molecular complexity index is 307. The summed E-state index contributed by atoms with van der Waals surface area (Å²) in [4.78, 5) is 9.90. The van der Waals surface area contributed by atoms with E-state index in [1.54, 1.807) is 18.4 Å². The van der Waals surface area contributed by atoms with E-state index >= 15 is 0 Å². The highest BCUT2D eigenvalue weighted by atomic mass is 16.5. The zero-order valence-electron chi connectivity index (χ0n) is 10.1. The molecular weight excluding hydrogens is 258 g/mol. The molecule has 1 aliphatic rings. The van der Waals surface area contributed by atoms with Crippen LogP contribution in [0.4, 0.5) is 0 Å². The van der Waals surface area contributed by atoms with Gasteiger partial charge in [-0.1, -0.05) is 6.08 Å². The van der Waals surface area contributed by atoms with Gasteiger partial charge in [0.15, 0.2) is 12.5 Å². The molecule has 0 aliphatic carbocycles. The number of nitrogens with two attached hydrogens (primary N) is 1. The van der Waals surface area contributed by atoms with Gasteiger partial charge in [0.2, 0.25) is 0 Å². The maximum Gasteiger partial charge on any atom is 0.166 e. The fraction of sp³-hybridized carbons (Fsp3) is 0.545. The number of allylic oxidation sites excluding steroid dienone is 2. The first-order chi connectivity index (χ1) is 8.93. The summed E-state index contributed by atoms with van der Waals surface area (Å²) in [5.41, 5.74) is 5.27. The van der Waals surface area contributed by atoms with Crippen LogP contribution in [0.25, 0.3) is 0 Å². The molecule has 110 valence electrons. The van der Waals surface area contributed by atoms with Gasteiger partial charge in [-0.3, -0.25) is 5.73 Å². The van der Waals surface area contributed by atoms with Gasteiger partial charge >= 0.3 is 0 Å². The zero-order chi connectivity index (χ0) is 14.8. The van der Waals surface area contributed by atoms with Crippen molar-refractivity contribution >= 4 is 6.29 Å². The van der Waals surface area contributed by atoms with Crippen molar-refractivity contribution in [1.29, 1.82) is 0 Å². The van der Waals surface area contributed by atoms with Crippen molar-refractivity contribution < 1.29 is 35.1 Å². The van der Waals surface area contributed by atoms with Crippen LogP contribution in [-0.2, 0) is 9.53 Å². The van der Waals surface area contributed by atoms with Crippen LogP contribution in [0.15, 0.2) is 24.5 Å². The third-order valence-electron chi connectivity index (χ3n) is 2.15. The second-order valence-electron chi connectivity index (χ2n) is 3.67. The molecule has 0 aromatic rings. The average Bonchev–Trinajstić information content (AvgIpc) is 2.45. The van der Waals surface area contributed by atoms with Crippen molar-refractivity contribution in [2.75, 3.05) is 6.61 Å². The van der Waals surface area contributed by atoms with E-state index in [0.29, 0.717) is 0 Å². The SMILES string of the molecule is NC1C=CC=CO1.O=CC(O)C(O)C(O)C(O)CO. The van der Waals surface area contributed by atoms with E-state index in [1.807, 2.05) is 6.08 Å². The summed E-state index contributed by atoms with van der Waals surface area (Å²) in [6.07, 6.45) is -0.0687. The van der Waals surface area contributed by atoms with Gasteiger partial charge in [0.1, 0.15) is 24.4 Å². The highest BCUT2D eigenvalue weighted by Gasteiger charge is 2.29. The highest BCUT2D eigenvalue weighted by Crippen LogP contribution is 2.02. The van der Waals surface area contributed by atoms with Gasteiger partial charge in [-0.25, -0.2) is 0 Å². The first-order valence-electron chi connectivity index (χ1n) is 5.46. The van der Waals surface area contributed by atoms with E-state index in [0.717, 1.165) is 0 Å². The Balaban J connectivity index is 0.000000388. The summed E-state index contributed by atoms with van der Waals surface area (Å²) in [6, 6.07) is 0. The van der Waals surface area contributed by atoms with Crippen LogP contribution in [0, 0.1) is 0 Å². The number of ether oxygens (including phenoxy) is 1. The van der Waals surface area contributed by atoms with Crippen LogP contribution in [0.2, 0.25) is 0 Å². The fourth-order valence-electron chi connectivity index (χ4n) is 1.02. The zero-order valence-corrected chi connectivity index (χ0v) is 10.1. The van der Waals surface area contributed by atoms with Gasteiger partial charge in [0, 0.05) is 0 Å². The molecule has 0 spiro atoms. The number of aldehydes is 1. The normalized spacial score (nSPS) is 23.4. The summed E-state index contributed by atoms with van der Waals surface area (Å²) < 4.78 is 4.79. The predicted octanol–water partition coefficient (Wildman–Crippen LogP) is -3.01. The molecule has 0 amide bonds. The fourth-order valence-corrected chi connectivity index (χ4v) is 1.02. The quantitative estimate of drug-likeness (QED) is 0.290. The second kappa shape index (κ2) is 9.62. The Morgan fingerprint density at radius 3 is 2.16 bits per heavy atom. The molecule has 0 aromatic heterocycles. The van der Waals surface area contributed by atoms with Gasteiger partial charge in [-0.05, 0) is 12.2 Å². The lowest BCUT2D eigenvalue weighted by molar-refractivity contribution is -0.136.